The van der Waals surface area contributed by atoms with Gasteiger partial charge in [0.05, 0.1) is 0 Å². The van der Waals surface area contributed by atoms with Gasteiger partial charge in [-0.3, -0.25) is 4.98 Å². The second-order valence-corrected chi connectivity index (χ2v) is 4.49. The third-order valence-corrected chi connectivity index (χ3v) is 2.72. The molecule has 0 N–H and O–H groups in total. The molecule has 0 saturated carbocycles. The lowest BCUT2D eigenvalue weighted by atomic mass is 10.0. The van der Waals surface area contributed by atoms with Gasteiger partial charge in [0.1, 0.15) is 18.2 Å². The molecule has 2 rings (SSSR count). The van der Waals surface area contributed by atoms with Gasteiger partial charge in [0.2, 0.25) is 0 Å². The molecule has 2 nitrogen and oxygen atoms in total. The highest BCUT2D eigenvalue weighted by Gasteiger charge is 2.08. The largest absolute Gasteiger partial charge is 0.489 e. The van der Waals surface area contributed by atoms with Gasteiger partial charge in [-0.2, -0.15) is 0 Å². The molecule has 18 heavy (non-hydrogen) atoms. The van der Waals surface area contributed by atoms with Gasteiger partial charge >= 0.3 is 0 Å². The summed E-state index contributed by atoms with van der Waals surface area (Å²) >= 11 is 0. The zero-order valence-corrected chi connectivity index (χ0v) is 10.6. The van der Waals surface area contributed by atoms with Crippen molar-refractivity contribution in [3.8, 4) is 5.75 Å². The second kappa shape index (κ2) is 5.63. The molecule has 0 bridgehead atoms. The number of rotatable bonds is 4. The van der Waals surface area contributed by atoms with Crippen LogP contribution in [0.25, 0.3) is 0 Å². The molecule has 3 heteroatoms. The topological polar surface area (TPSA) is 22.1 Å². The summed E-state index contributed by atoms with van der Waals surface area (Å²) in [5.74, 6) is 0.648. The number of pyridine rings is 1. The van der Waals surface area contributed by atoms with Crippen molar-refractivity contribution in [2.45, 2.75) is 26.4 Å². The molecule has 0 fully saturated rings. The van der Waals surface area contributed by atoms with E-state index in [1.807, 2.05) is 26.0 Å². The Hall–Kier alpha value is -1.90. The fourth-order valence-electron chi connectivity index (χ4n) is 1.70. The van der Waals surface area contributed by atoms with E-state index in [4.69, 9.17) is 4.74 Å². The molecule has 2 aromatic rings. The van der Waals surface area contributed by atoms with E-state index in [2.05, 4.69) is 4.98 Å². The zero-order chi connectivity index (χ0) is 13.0. The Morgan fingerprint density at radius 3 is 2.78 bits per heavy atom. The van der Waals surface area contributed by atoms with E-state index in [1.54, 1.807) is 24.5 Å². The lowest BCUT2D eigenvalue weighted by Gasteiger charge is -2.11. The van der Waals surface area contributed by atoms with Gasteiger partial charge in [-0.25, -0.2) is 4.39 Å². The average Bonchev–Trinajstić information content (AvgIpc) is 2.38. The molecule has 0 aliphatic rings. The number of hydrogen-bond acceptors (Lipinski definition) is 2. The molecule has 0 atom stereocenters. The van der Waals surface area contributed by atoms with Crippen LogP contribution in [0.15, 0.2) is 42.7 Å². The van der Waals surface area contributed by atoms with Crippen LogP contribution in [-0.4, -0.2) is 4.98 Å². The quantitative estimate of drug-likeness (QED) is 0.814. The van der Waals surface area contributed by atoms with Crippen molar-refractivity contribution in [1.29, 1.82) is 0 Å². The Bertz CT molecular complexity index is 511. The normalized spacial score (nSPS) is 10.7. The maximum Gasteiger partial charge on any atom is 0.126 e. The molecular formula is C15H16FNO. The first-order valence-corrected chi connectivity index (χ1v) is 5.98. The number of benzene rings is 1. The number of aromatic nitrogens is 1. The third-order valence-electron chi connectivity index (χ3n) is 2.72. The Kier molecular flexibility index (Phi) is 3.92. The number of halogens is 1. The first kappa shape index (κ1) is 12.6. The lowest BCUT2D eigenvalue weighted by Crippen LogP contribution is -1.98. The van der Waals surface area contributed by atoms with Gasteiger partial charge in [-0.05, 0) is 35.7 Å². The molecule has 0 spiro atoms. The number of nitrogens with zero attached hydrogens (tertiary/aromatic N) is 1. The first-order chi connectivity index (χ1) is 8.66. The molecule has 94 valence electrons. The first-order valence-electron chi connectivity index (χ1n) is 5.98. The Labute approximate surface area is 106 Å². The van der Waals surface area contributed by atoms with Crippen molar-refractivity contribution in [2.24, 2.45) is 0 Å². The monoisotopic (exact) mass is 245 g/mol. The molecule has 0 amide bonds. The van der Waals surface area contributed by atoms with Gasteiger partial charge in [-0.15, -0.1) is 0 Å². The van der Waals surface area contributed by atoms with Crippen molar-refractivity contribution in [1.82, 2.24) is 4.98 Å². The van der Waals surface area contributed by atoms with Gasteiger partial charge < -0.3 is 4.74 Å². The highest BCUT2D eigenvalue weighted by atomic mass is 19.1. The summed E-state index contributed by atoms with van der Waals surface area (Å²) in [6.07, 6.45) is 3.48. The maximum absolute atomic E-state index is 13.5. The summed E-state index contributed by atoms with van der Waals surface area (Å²) in [7, 11) is 0. The standard InChI is InChI=1S/C15H16FNO/c1-11(2)14-8-13(5-6-15(14)16)18-10-12-4-3-7-17-9-12/h3-9,11H,10H2,1-2H3. The van der Waals surface area contributed by atoms with Crippen LogP contribution in [0, 0.1) is 5.82 Å². The maximum atomic E-state index is 13.5. The van der Waals surface area contributed by atoms with Crippen LogP contribution in [0.1, 0.15) is 30.9 Å². The average molecular weight is 245 g/mol. The minimum absolute atomic E-state index is 0.145. The Morgan fingerprint density at radius 1 is 1.28 bits per heavy atom. The minimum Gasteiger partial charge on any atom is -0.489 e. The van der Waals surface area contributed by atoms with E-state index in [-0.39, 0.29) is 11.7 Å². The minimum atomic E-state index is -0.182. The van der Waals surface area contributed by atoms with E-state index in [0.29, 0.717) is 17.9 Å². The molecule has 0 aliphatic heterocycles. The summed E-state index contributed by atoms with van der Waals surface area (Å²) in [5, 5.41) is 0. The Balaban J connectivity index is 2.08. The fraction of sp³-hybridized carbons (Fsp3) is 0.267. The molecular weight excluding hydrogens is 229 g/mol. The summed E-state index contributed by atoms with van der Waals surface area (Å²) < 4.78 is 19.1. The SMILES string of the molecule is CC(C)c1cc(OCc2cccnc2)ccc1F. The van der Waals surface area contributed by atoms with E-state index >= 15 is 0 Å². The molecule has 0 unspecified atom stereocenters. The highest BCUT2D eigenvalue weighted by molar-refractivity contribution is 5.31. The summed E-state index contributed by atoms with van der Waals surface area (Å²) in [6, 6.07) is 8.67. The van der Waals surface area contributed by atoms with Crippen molar-refractivity contribution >= 4 is 0 Å². The third kappa shape index (κ3) is 3.06. The Morgan fingerprint density at radius 2 is 2.11 bits per heavy atom. The predicted molar refractivity (Wildman–Crippen MR) is 69.1 cm³/mol. The summed E-state index contributed by atoms with van der Waals surface area (Å²) in [5.41, 5.74) is 1.67. The van der Waals surface area contributed by atoms with Crippen LogP contribution in [0.3, 0.4) is 0 Å². The molecule has 1 heterocycles. The van der Waals surface area contributed by atoms with Gasteiger partial charge in [0.15, 0.2) is 0 Å². The summed E-state index contributed by atoms with van der Waals surface area (Å²) in [4.78, 5) is 4.02. The van der Waals surface area contributed by atoms with Crippen LogP contribution in [0.4, 0.5) is 4.39 Å². The number of ether oxygens (including phenoxy) is 1. The van der Waals surface area contributed by atoms with Gasteiger partial charge in [-0.1, -0.05) is 19.9 Å². The predicted octanol–water partition coefficient (Wildman–Crippen LogP) is 3.92. The van der Waals surface area contributed by atoms with Crippen LogP contribution in [-0.2, 0) is 6.61 Å². The van der Waals surface area contributed by atoms with Crippen molar-refractivity contribution in [3.05, 3.63) is 59.7 Å². The van der Waals surface area contributed by atoms with E-state index in [0.717, 1.165) is 5.56 Å². The molecule has 1 aromatic heterocycles. The van der Waals surface area contributed by atoms with Crippen LogP contribution in [0.5, 0.6) is 5.75 Å². The second-order valence-electron chi connectivity index (χ2n) is 4.49. The van der Waals surface area contributed by atoms with Crippen molar-refractivity contribution in [2.75, 3.05) is 0 Å². The van der Waals surface area contributed by atoms with E-state index < -0.39 is 0 Å². The van der Waals surface area contributed by atoms with Crippen LogP contribution >= 0.6 is 0 Å². The highest BCUT2D eigenvalue weighted by Crippen LogP contribution is 2.24. The molecule has 0 aliphatic carbocycles. The molecule has 0 saturated heterocycles. The van der Waals surface area contributed by atoms with Crippen LogP contribution < -0.4 is 4.74 Å². The van der Waals surface area contributed by atoms with Gasteiger partial charge in [0, 0.05) is 18.0 Å². The smallest absolute Gasteiger partial charge is 0.126 e. The molecule has 0 radical (unpaired) electrons. The van der Waals surface area contributed by atoms with E-state index in [9.17, 15) is 4.39 Å². The molecule has 1 aromatic carbocycles. The van der Waals surface area contributed by atoms with Crippen molar-refractivity contribution in [3.63, 3.8) is 0 Å². The van der Waals surface area contributed by atoms with Gasteiger partial charge in [0.25, 0.3) is 0 Å². The number of hydrogen-bond donors (Lipinski definition) is 0. The van der Waals surface area contributed by atoms with Crippen LogP contribution in [0.2, 0.25) is 0 Å². The summed E-state index contributed by atoms with van der Waals surface area (Å²) in [6.45, 7) is 4.36. The fourth-order valence-corrected chi connectivity index (χ4v) is 1.70. The van der Waals surface area contributed by atoms with E-state index in [1.165, 1.54) is 6.07 Å². The zero-order valence-electron chi connectivity index (χ0n) is 10.6. The lowest BCUT2D eigenvalue weighted by molar-refractivity contribution is 0.304. The van der Waals surface area contributed by atoms with Crippen molar-refractivity contribution < 1.29 is 9.13 Å².